The summed E-state index contributed by atoms with van der Waals surface area (Å²) in [5.41, 5.74) is 2.32. The minimum Gasteiger partial charge on any atom is -0.482 e. The summed E-state index contributed by atoms with van der Waals surface area (Å²) < 4.78 is 17.4. The number of rotatable bonds is 9. The minimum atomic E-state index is -0.380. The van der Waals surface area contributed by atoms with E-state index in [0.29, 0.717) is 22.1 Å². The van der Waals surface area contributed by atoms with E-state index in [-0.39, 0.29) is 29.7 Å². The van der Waals surface area contributed by atoms with Gasteiger partial charge in [0.2, 0.25) is 0 Å². The van der Waals surface area contributed by atoms with Crippen molar-refractivity contribution in [3.8, 4) is 5.75 Å². The fourth-order valence-electron chi connectivity index (χ4n) is 10.9. The maximum atomic E-state index is 13.0. The standard InChI is InChI=1S/C43H56O5/c1-27(2)9-8-10-28(3)29-13-18-37-36-16-14-30-23-32(19-22-43(30,5)38(36)20-21-42(37,4)25-29)47-40(44)26-46-31-15-17-34-33-11-6-7-12-35(33)41(45)48-39(34)24-31/h6-7,11-12,14-15,17,24,27-29,32,36-38H,8-10,13,16,18-23,25-26H2,1-5H3/t28?,29?,32?,36?,37?,38?,42-,43+/m1/s1. The van der Waals surface area contributed by atoms with Gasteiger partial charge in [-0.05, 0) is 121 Å². The summed E-state index contributed by atoms with van der Waals surface area (Å²) in [6.45, 7) is 12.3. The lowest BCUT2D eigenvalue weighted by molar-refractivity contribution is -0.154. The Hall–Kier alpha value is -3.08. The number of carbonyl (C=O) groups excluding carboxylic acids is 1. The van der Waals surface area contributed by atoms with Crippen LogP contribution in [0, 0.1) is 46.3 Å². The van der Waals surface area contributed by atoms with Gasteiger partial charge in [-0.15, -0.1) is 0 Å². The second kappa shape index (κ2) is 13.3. The van der Waals surface area contributed by atoms with Crippen LogP contribution in [-0.2, 0) is 9.53 Å². The van der Waals surface area contributed by atoms with Crippen molar-refractivity contribution in [1.29, 1.82) is 0 Å². The lowest BCUT2D eigenvalue weighted by atomic mass is 9.44. The summed E-state index contributed by atoms with van der Waals surface area (Å²) in [5, 5.41) is 2.23. The van der Waals surface area contributed by atoms with Gasteiger partial charge < -0.3 is 13.9 Å². The quantitative estimate of drug-likeness (QED) is 0.0996. The maximum absolute atomic E-state index is 13.0. The summed E-state index contributed by atoms with van der Waals surface area (Å²) in [4.78, 5) is 25.4. The van der Waals surface area contributed by atoms with Gasteiger partial charge in [0, 0.05) is 17.9 Å². The Bertz CT molecular complexity index is 1730. The Morgan fingerprint density at radius 2 is 1.75 bits per heavy atom. The Morgan fingerprint density at radius 1 is 0.938 bits per heavy atom. The predicted octanol–water partition coefficient (Wildman–Crippen LogP) is 10.7. The summed E-state index contributed by atoms with van der Waals surface area (Å²) in [5.74, 6) is 5.10. The molecule has 7 rings (SSSR count). The van der Waals surface area contributed by atoms with Crippen LogP contribution in [0.5, 0.6) is 5.75 Å². The normalized spacial score (nSPS) is 32.2. The second-order valence-corrected chi connectivity index (χ2v) is 17.0. The van der Waals surface area contributed by atoms with E-state index in [9.17, 15) is 9.59 Å². The first-order chi connectivity index (χ1) is 23.0. The molecule has 4 aliphatic carbocycles. The van der Waals surface area contributed by atoms with Gasteiger partial charge >= 0.3 is 11.6 Å². The van der Waals surface area contributed by atoms with Crippen molar-refractivity contribution in [3.05, 3.63) is 64.5 Å². The molecule has 0 saturated heterocycles. The molecule has 6 unspecified atom stereocenters. The zero-order valence-corrected chi connectivity index (χ0v) is 29.9. The van der Waals surface area contributed by atoms with E-state index in [2.05, 4.69) is 40.7 Å². The lowest BCUT2D eigenvalue weighted by Crippen LogP contribution is -2.52. The van der Waals surface area contributed by atoms with Crippen molar-refractivity contribution in [2.75, 3.05) is 6.61 Å². The Balaban J connectivity index is 0.947. The van der Waals surface area contributed by atoms with E-state index >= 15 is 0 Å². The molecule has 0 spiro atoms. The number of allylic oxidation sites excluding steroid dienone is 1. The van der Waals surface area contributed by atoms with Gasteiger partial charge in [0.05, 0.1) is 5.39 Å². The Kier molecular flexibility index (Phi) is 9.28. The summed E-state index contributed by atoms with van der Waals surface area (Å²) in [7, 11) is 0. The number of hydrogen-bond donors (Lipinski definition) is 0. The zero-order valence-electron chi connectivity index (χ0n) is 29.9. The number of ether oxygens (including phenoxy) is 2. The molecule has 0 N–H and O–H groups in total. The molecule has 258 valence electrons. The van der Waals surface area contributed by atoms with Crippen molar-refractivity contribution in [2.24, 2.45) is 46.3 Å². The maximum Gasteiger partial charge on any atom is 0.344 e. The van der Waals surface area contributed by atoms with E-state index < -0.39 is 0 Å². The zero-order chi connectivity index (χ0) is 33.6. The van der Waals surface area contributed by atoms with Crippen LogP contribution in [0.25, 0.3) is 21.7 Å². The fraction of sp³-hybridized carbons (Fsp3) is 0.628. The third-order valence-electron chi connectivity index (χ3n) is 13.6. The Labute approximate surface area is 286 Å². The van der Waals surface area contributed by atoms with Gasteiger partial charge in [-0.1, -0.05) is 83.7 Å². The lowest BCUT2D eigenvalue weighted by Gasteiger charge is -2.61. The highest BCUT2D eigenvalue weighted by Gasteiger charge is 2.56. The topological polar surface area (TPSA) is 65.7 Å². The number of carbonyl (C=O) groups is 1. The molecule has 3 aromatic rings. The van der Waals surface area contributed by atoms with Gasteiger partial charge in [-0.2, -0.15) is 0 Å². The summed E-state index contributed by atoms with van der Waals surface area (Å²) >= 11 is 0. The van der Waals surface area contributed by atoms with Gasteiger partial charge in [0.1, 0.15) is 17.4 Å². The van der Waals surface area contributed by atoms with Gasteiger partial charge in [0.25, 0.3) is 0 Å². The molecule has 3 fully saturated rings. The number of benzene rings is 2. The van der Waals surface area contributed by atoms with Crippen molar-refractivity contribution in [2.45, 2.75) is 118 Å². The van der Waals surface area contributed by atoms with E-state index in [0.717, 1.165) is 65.5 Å². The van der Waals surface area contributed by atoms with Crippen molar-refractivity contribution >= 4 is 27.7 Å². The van der Waals surface area contributed by atoms with Crippen molar-refractivity contribution in [1.82, 2.24) is 0 Å². The van der Waals surface area contributed by atoms with Crippen LogP contribution in [0.4, 0.5) is 0 Å². The molecule has 1 heterocycles. The van der Waals surface area contributed by atoms with E-state index in [1.165, 1.54) is 63.4 Å². The summed E-state index contributed by atoms with van der Waals surface area (Å²) in [6.07, 6.45) is 17.7. The monoisotopic (exact) mass is 652 g/mol. The molecular formula is C43H56O5. The average Bonchev–Trinajstić information content (AvgIpc) is 3.06. The molecule has 0 aliphatic heterocycles. The number of fused-ring (bicyclic) bond motifs is 8. The first-order valence-electron chi connectivity index (χ1n) is 19.0. The highest BCUT2D eigenvalue weighted by Crippen LogP contribution is 2.65. The molecule has 0 amide bonds. The molecule has 5 nitrogen and oxygen atoms in total. The second-order valence-electron chi connectivity index (χ2n) is 17.0. The van der Waals surface area contributed by atoms with Gasteiger partial charge in [0.15, 0.2) is 6.61 Å². The van der Waals surface area contributed by atoms with Crippen LogP contribution >= 0.6 is 0 Å². The van der Waals surface area contributed by atoms with Crippen molar-refractivity contribution in [3.63, 3.8) is 0 Å². The third kappa shape index (κ3) is 6.36. The van der Waals surface area contributed by atoms with E-state index in [4.69, 9.17) is 13.9 Å². The SMILES string of the molecule is CC(C)CCCC(C)C1CCC2C3CC=C4CC(OC(=O)COc5ccc6c(c5)oc(=O)c5ccccc56)CC[C@]4(C)C3CC[C@]2(C)C1. The third-order valence-corrected chi connectivity index (χ3v) is 13.6. The van der Waals surface area contributed by atoms with E-state index in [1.54, 1.807) is 12.1 Å². The molecular weight excluding hydrogens is 596 g/mol. The van der Waals surface area contributed by atoms with Gasteiger partial charge in [-0.3, -0.25) is 0 Å². The van der Waals surface area contributed by atoms with Crippen LogP contribution in [0.1, 0.15) is 112 Å². The summed E-state index contributed by atoms with van der Waals surface area (Å²) in [6, 6.07) is 12.8. The van der Waals surface area contributed by atoms with E-state index in [1.807, 2.05) is 30.3 Å². The van der Waals surface area contributed by atoms with Crippen molar-refractivity contribution < 1.29 is 18.7 Å². The highest BCUT2D eigenvalue weighted by atomic mass is 16.6. The van der Waals surface area contributed by atoms with Gasteiger partial charge in [-0.25, -0.2) is 9.59 Å². The molecule has 3 saturated carbocycles. The van der Waals surface area contributed by atoms with Crippen LogP contribution in [-0.4, -0.2) is 18.7 Å². The Morgan fingerprint density at radius 3 is 2.56 bits per heavy atom. The number of esters is 1. The molecule has 4 aliphatic rings. The van der Waals surface area contributed by atoms with Crippen LogP contribution in [0.15, 0.2) is 63.3 Å². The number of hydrogen-bond acceptors (Lipinski definition) is 5. The minimum absolute atomic E-state index is 0.0977. The highest BCUT2D eigenvalue weighted by molar-refractivity contribution is 6.04. The molecule has 5 heteroatoms. The molecule has 2 aromatic carbocycles. The predicted molar refractivity (Wildman–Crippen MR) is 193 cm³/mol. The smallest absolute Gasteiger partial charge is 0.344 e. The molecule has 1 aromatic heterocycles. The first-order valence-corrected chi connectivity index (χ1v) is 19.0. The first kappa shape index (κ1) is 33.4. The van der Waals surface area contributed by atoms with Crippen LogP contribution in [0.2, 0.25) is 0 Å². The fourth-order valence-corrected chi connectivity index (χ4v) is 10.9. The van der Waals surface area contributed by atoms with Crippen LogP contribution in [0.3, 0.4) is 0 Å². The average molecular weight is 653 g/mol. The molecule has 8 atom stereocenters. The molecule has 48 heavy (non-hydrogen) atoms. The van der Waals surface area contributed by atoms with Crippen LogP contribution < -0.4 is 10.4 Å². The molecule has 0 bridgehead atoms. The molecule has 0 radical (unpaired) electrons. The largest absolute Gasteiger partial charge is 0.482 e.